The van der Waals surface area contributed by atoms with Gasteiger partial charge in [-0.3, -0.25) is 4.79 Å². The van der Waals surface area contributed by atoms with Gasteiger partial charge in [0.2, 0.25) is 5.91 Å². The molecule has 3 N–H and O–H groups in total. The van der Waals surface area contributed by atoms with Crippen LogP contribution in [0.5, 0.6) is 0 Å². The molecule has 5 atom stereocenters. The van der Waals surface area contributed by atoms with Gasteiger partial charge in [0.05, 0.1) is 5.41 Å². The lowest BCUT2D eigenvalue weighted by molar-refractivity contribution is -0.397. The van der Waals surface area contributed by atoms with Crippen LogP contribution in [-0.4, -0.2) is 18.0 Å². The van der Waals surface area contributed by atoms with Crippen molar-refractivity contribution in [1.29, 1.82) is 0 Å². The van der Waals surface area contributed by atoms with Gasteiger partial charge in [-0.25, -0.2) is 0 Å². The Kier molecular flexibility index (Phi) is 3.16. The molecule has 0 radical (unpaired) electrons. The van der Waals surface area contributed by atoms with E-state index in [0.717, 1.165) is 44.4 Å². The van der Waals surface area contributed by atoms with Crippen molar-refractivity contribution < 1.29 is 4.79 Å². The second kappa shape index (κ2) is 5.35. The van der Waals surface area contributed by atoms with Crippen LogP contribution in [0.25, 0.3) is 0 Å². The SMILES string of the molecule is N[C@H]1CC[C@H](NC(=O)C23CC4/C(=C/C5CC5)C5CC(c6ccccc6)(C2)C453)CC1. The molecular formula is C26H32N2O. The monoisotopic (exact) mass is 388 g/mol. The Morgan fingerprint density at radius 3 is 2.41 bits per heavy atom. The Balaban J connectivity index is 1.20. The Morgan fingerprint density at radius 2 is 1.72 bits per heavy atom. The summed E-state index contributed by atoms with van der Waals surface area (Å²) in [6.07, 6.45) is 13.1. The van der Waals surface area contributed by atoms with Crippen molar-refractivity contribution in [3.63, 3.8) is 0 Å². The van der Waals surface area contributed by atoms with Gasteiger partial charge < -0.3 is 11.1 Å². The molecule has 6 aliphatic rings. The van der Waals surface area contributed by atoms with E-state index in [1.165, 1.54) is 24.8 Å². The molecule has 6 saturated carbocycles. The summed E-state index contributed by atoms with van der Waals surface area (Å²) in [6, 6.07) is 11.8. The minimum atomic E-state index is -0.0864. The number of allylic oxidation sites excluding steroid dienone is 2. The van der Waals surface area contributed by atoms with E-state index in [-0.39, 0.29) is 16.2 Å². The number of hydrogen-bond donors (Lipinski definition) is 2. The van der Waals surface area contributed by atoms with E-state index in [1.807, 2.05) is 0 Å². The largest absolute Gasteiger partial charge is 0.353 e. The van der Waals surface area contributed by atoms with Crippen molar-refractivity contribution in [2.45, 2.75) is 75.3 Å². The summed E-state index contributed by atoms with van der Waals surface area (Å²) in [4.78, 5) is 13.7. The van der Waals surface area contributed by atoms with Crippen LogP contribution in [0.1, 0.15) is 63.4 Å². The van der Waals surface area contributed by atoms with Crippen LogP contribution in [0.15, 0.2) is 42.0 Å². The molecule has 0 saturated heterocycles. The fourth-order valence-corrected chi connectivity index (χ4v) is 8.81. The van der Waals surface area contributed by atoms with Crippen LogP contribution in [-0.2, 0) is 10.2 Å². The minimum absolute atomic E-state index is 0.0864. The maximum atomic E-state index is 13.7. The van der Waals surface area contributed by atoms with E-state index in [1.54, 1.807) is 5.57 Å². The number of carbonyl (C=O) groups is 1. The van der Waals surface area contributed by atoms with Gasteiger partial charge in [-0.1, -0.05) is 42.0 Å². The van der Waals surface area contributed by atoms with Crippen LogP contribution >= 0.6 is 0 Å². The maximum absolute atomic E-state index is 13.7. The Morgan fingerprint density at radius 1 is 1.00 bits per heavy atom. The third-order valence-corrected chi connectivity index (χ3v) is 10.1. The molecule has 3 heteroatoms. The summed E-state index contributed by atoms with van der Waals surface area (Å²) < 4.78 is 0. The summed E-state index contributed by atoms with van der Waals surface area (Å²) in [5, 5.41) is 3.51. The summed E-state index contributed by atoms with van der Waals surface area (Å²) in [5.74, 6) is 2.60. The minimum Gasteiger partial charge on any atom is -0.353 e. The number of nitrogens with one attached hydrogen (secondary N) is 1. The van der Waals surface area contributed by atoms with Gasteiger partial charge in [0, 0.05) is 22.9 Å². The molecule has 5 unspecified atom stereocenters. The fraction of sp³-hybridized carbons (Fsp3) is 0.654. The van der Waals surface area contributed by atoms with Crippen molar-refractivity contribution in [2.75, 3.05) is 0 Å². The van der Waals surface area contributed by atoms with Gasteiger partial charge in [-0.05, 0) is 81.1 Å². The standard InChI is InChI=1S/C26H32N2O/c27-18-8-10-19(11-9-18)28-23(29)25-14-22-20(12-16-6-7-16)21-13-24(15-25,26(21,22)25)17-4-2-1-3-5-17/h1-5,12,16,18-19,21-22H,6-11,13-15,27H2,(H,28,29)/b20-12+/t18-,19-,21?,22?,24?,25?,26?. The van der Waals surface area contributed by atoms with Crippen molar-refractivity contribution in [2.24, 2.45) is 34.3 Å². The Bertz CT molecular complexity index is 902. The predicted octanol–water partition coefficient (Wildman–Crippen LogP) is 4.08. The highest BCUT2D eigenvalue weighted by molar-refractivity contribution is 5.91. The molecule has 6 aliphatic carbocycles. The normalized spacial score (nSPS) is 50.2. The first-order valence-electron chi connectivity index (χ1n) is 11.9. The number of hydrogen-bond acceptors (Lipinski definition) is 2. The van der Waals surface area contributed by atoms with Gasteiger partial charge in [-0.15, -0.1) is 0 Å². The lowest BCUT2D eigenvalue weighted by Gasteiger charge is -2.95. The average molecular weight is 389 g/mol. The molecule has 7 rings (SSSR count). The zero-order chi connectivity index (χ0) is 19.4. The van der Waals surface area contributed by atoms with Gasteiger partial charge in [0.25, 0.3) is 0 Å². The van der Waals surface area contributed by atoms with Crippen molar-refractivity contribution in [1.82, 2.24) is 5.32 Å². The zero-order valence-electron chi connectivity index (χ0n) is 17.2. The van der Waals surface area contributed by atoms with E-state index < -0.39 is 0 Å². The highest BCUT2D eigenvalue weighted by atomic mass is 16.2. The molecule has 6 fully saturated rings. The van der Waals surface area contributed by atoms with Crippen LogP contribution in [0, 0.1) is 28.6 Å². The second-order valence-electron chi connectivity index (χ2n) is 11.2. The second-order valence-corrected chi connectivity index (χ2v) is 11.2. The molecule has 1 aromatic rings. The molecule has 0 aromatic heterocycles. The summed E-state index contributed by atoms with van der Waals surface area (Å²) >= 11 is 0. The van der Waals surface area contributed by atoms with Gasteiger partial charge in [0.15, 0.2) is 0 Å². The molecule has 1 amide bonds. The van der Waals surface area contributed by atoms with Crippen LogP contribution < -0.4 is 11.1 Å². The van der Waals surface area contributed by atoms with E-state index in [2.05, 4.69) is 41.7 Å². The predicted molar refractivity (Wildman–Crippen MR) is 113 cm³/mol. The molecule has 0 heterocycles. The molecule has 1 spiro atoms. The first-order valence-corrected chi connectivity index (χ1v) is 11.9. The fourth-order valence-electron chi connectivity index (χ4n) is 8.81. The molecule has 152 valence electrons. The molecule has 3 nitrogen and oxygen atoms in total. The first-order chi connectivity index (χ1) is 14.1. The molecule has 0 bridgehead atoms. The third-order valence-electron chi connectivity index (χ3n) is 10.1. The van der Waals surface area contributed by atoms with Crippen LogP contribution in [0.4, 0.5) is 0 Å². The number of benzene rings is 1. The lowest BCUT2D eigenvalue weighted by Crippen LogP contribution is -2.95. The molecule has 0 aliphatic heterocycles. The summed E-state index contributed by atoms with van der Waals surface area (Å²) in [5.41, 5.74) is 9.75. The Hall–Kier alpha value is -1.61. The number of rotatable bonds is 4. The number of amides is 1. The quantitative estimate of drug-likeness (QED) is 0.764. The molecular weight excluding hydrogens is 356 g/mol. The topological polar surface area (TPSA) is 55.1 Å². The summed E-state index contributed by atoms with van der Waals surface area (Å²) in [6.45, 7) is 0. The number of nitrogens with two attached hydrogens (primary N) is 1. The van der Waals surface area contributed by atoms with Crippen LogP contribution in [0.2, 0.25) is 0 Å². The molecule has 1 aromatic carbocycles. The third kappa shape index (κ3) is 1.80. The van der Waals surface area contributed by atoms with Crippen molar-refractivity contribution in [3.8, 4) is 0 Å². The maximum Gasteiger partial charge on any atom is 0.227 e. The zero-order valence-corrected chi connectivity index (χ0v) is 17.2. The average Bonchev–Trinajstić information content (AvgIpc) is 3.50. The van der Waals surface area contributed by atoms with Gasteiger partial charge in [0.1, 0.15) is 0 Å². The Labute approximate surface area is 173 Å². The smallest absolute Gasteiger partial charge is 0.227 e. The highest BCUT2D eigenvalue weighted by Gasteiger charge is 2.97. The summed E-state index contributed by atoms with van der Waals surface area (Å²) in [7, 11) is 0. The van der Waals surface area contributed by atoms with Gasteiger partial charge >= 0.3 is 0 Å². The van der Waals surface area contributed by atoms with E-state index in [9.17, 15) is 4.79 Å². The van der Waals surface area contributed by atoms with Crippen molar-refractivity contribution in [3.05, 3.63) is 47.5 Å². The number of carbonyl (C=O) groups excluding carboxylic acids is 1. The highest BCUT2D eigenvalue weighted by Crippen LogP contribution is 2.98. The van der Waals surface area contributed by atoms with Crippen molar-refractivity contribution >= 4 is 5.91 Å². The lowest BCUT2D eigenvalue weighted by atomic mass is 9.06. The van der Waals surface area contributed by atoms with Gasteiger partial charge in [-0.2, -0.15) is 0 Å². The van der Waals surface area contributed by atoms with E-state index in [4.69, 9.17) is 5.73 Å². The van der Waals surface area contributed by atoms with E-state index in [0.29, 0.717) is 29.8 Å². The first kappa shape index (κ1) is 17.1. The van der Waals surface area contributed by atoms with Crippen LogP contribution in [0.3, 0.4) is 0 Å². The molecule has 29 heavy (non-hydrogen) atoms. The van der Waals surface area contributed by atoms with E-state index >= 15 is 0 Å².